The SMILES string of the molecule is COCC[C@H](CC1(C(=O)N[C@@H](Cc2nnc(-c3ccccc3)o2)C(=O)O)CCCC1)C(=O)O. The molecule has 1 heterocycles. The zero-order valence-electron chi connectivity index (χ0n) is 18.5. The molecule has 1 aliphatic carbocycles. The minimum absolute atomic E-state index is 0.0885. The van der Waals surface area contributed by atoms with Crippen LogP contribution in [0.25, 0.3) is 11.5 Å². The van der Waals surface area contributed by atoms with Gasteiger partial charge in [0.1, 0.15) is 6.04 Å². The van der Waals surface area contributed by atoms with Gasteiger partial charge in [-0.05, 0) is 37.8 Å². The van der Waals surface area contributed by atoms with Crippen LogP contribution in [0.2, 0.25) is 0 Å². The molecule has 1 saturated carbocycles. The Bertz CT molecular complexity index is 954. The number of hydrogen-bond acceptors (Lipinski definition) is 7. The number of benzene rings is 1. The van der Waals surface area contributed by atoms with E-state index in [1.165, 1.54) is 7.11 Å². The molecule has 1 fully saturated rings. The van der Waals surface area contributed by atoms with Crippen molar-refractivity contribution < 1.29 is 33.8 Å². The highest BCUT2D eigenvalue weighted by Gasteiger charge is 2.45. The standard InChI is InChI=1S/C23H29N3O7/c1-32-12-9-16(20(27)28)14-23(10-5-6-11-23)22(31)24-17(21(29)30)13-18-25-26-19(33-18)15-7-3-2-4-8-15/h2-4,7-8,16-17H,5-6,9-14H2,1H3,(H,24,31)(H,27,28)(H,29,30)/t16-,17+/m1/s1. The molecule has 0 unspecified atom stereocenters. The van der Waals surface area contributed by atoms with E-state index in [1.54, 1.807) is 12.1 Å². The summed E-state index contributed by atoms with van der Waals surface area (Å²) in [5.41, 5.74) is -0.220. The van der Waals surface area contributed by atoms with Gasteiger partial charge in [0.25, 0.3) is 0 Å². The molecule has 0 radical (unpaired) electrons. The summed E-state index contributed by atoms with van der Waals surface area (Å²) < 4.78 is 10.6. The Morgan fingerprint density at radius 1 is 1.12 bits per heavy atom. The second-order valence-corrected chi connectivity index (χ2v) is 8.44. The fourth-order valence-electron chi connectivity index (χ4n) is 4.34. The van der Waals surface area contributed by atoms with Crippen LogP contribution in [0, 0.1) is 11.3 Å². The van der Waals surface area contributed by atoms with Gasteiger partial charge < -0.3 is 24.7 Å². The zero-order chi connectivity index (χ0) is 23.8. The van der Waals surface area contributed by atoms with Gasteiger partial charge in [0.2, 0.25) is 17.7 Å². The number of carboxylic acids is 2. The smallest absolute Gasteiger partial charge is 0.326 e. The maximum Gasteiger partial charge on any atom is 0.326 e. The van der Waals surface area contributed by atoms with Crippen LogP contribution in [0.4, 0.5) is 0 Å². The largest absolute Gasteiger partial charge is 0.481 e. The van der Waals surface area contributed by atoms with E-state index in [0.29, 0.717) is 18.4 Å². The molecule has 10 nitrogen and oxygen atoms in total. The number of methoxy groups -OCH3 is 1. The highest BCUT2D eigenvalue weighted by molar-refractivity contribution is 5.88. The molecule has 3 rings (SSSR count). The number of aromatic nitrogens is 2. The van der Waals surface area contributed by atoms with Crippen molar-refractivity contribution >= 4 is 17.8 Å². The molecule has 3 N–H and O–H groups in total. The summed E-state index contributed by atoms with van der Waals surface area (Å²) in [6, 6.07) is 7.79. The number of amides is 1. The first-order valence-electron chi connectivity index (χ1n) is 11.0. The minimum atomic E-state index is -1.28. The van der Waals surface area contributed by atoms with Crippen LogP contribution in [-0.4, -0.2) is 58.0 Å². The molecule has 2 aromatic rings. The van der Waals surface area contributed by atoms with Crippen molar-refractivity contribution in [2.24, 2.45) is 11.3 Å². The fraction of sp³-hybridized carbons (Fsp3) is 0.522. The Balaban J connectivity index is 1.72. The highest BCUT2D eigenvalue weighted by Crippen LogP contribution is 2.44. The van der Waals surface area contributed by atoms with Crippen molar-refractivity contribution in [3.63, 3.8) is 0 Å². The van der Waals surface area contributed by atoms with E-state index in [4.69, 9.17) is 9.15 Å². The summed E-state index contributed by atoms with van der Waals surface area (Å²) in [5.74, 6) is -3.06. The highest BCUT2D eigenvalue weighted by atomic mass is 16.5. The van der Waals surface area contributed by atoms with Gasteiger partial charge in [0.05, 0.1) is 17.8 Å². The Morgan fingerprint density at radius 2 is 1.82 bits per heavy atom. The quantitative estimate of drug-likeness (QED) is 0.435. The molecule has 2 atom stereocenters. The number of ether oxygens (including phenoxy) is 1. The lowest BCUT2D eigenvalue weighted by Gasteiger charge is -2.31. The number of carbonyl (C=O) groups excluding carboxylic acids is 1. The molecule has 0 bridgehead atoms. The molecule has 33 heavy (non-hydrogen) atoms. The predicted molar refractivity (Wildman–Crippen MR) is 116 cm³/mol. The number of nitrogens with one attached hydrogen (secondary N) is 1. The van der Waals surface area contributed by atoms with E-state index < -0.39 is 35.2 Å². The molecular formula is C23H29N3O7. The first kappa shape index (κ1) is 24.4. The summed E-state index contributed by atoms with van der Waals surface area (Å²) >= 11 is 0. The molecule has 0 saturated heterocycles. The van der Waals surface area contributed by atoms with Crippen LogP contribution >= 0.6 is 0 Å². The van der Waals surface area contributed by atoms with Crippen molar-refractivity contribution in [2.45, 2.75) is 51.0 Å². The lowest BCUT2D eigenvalue weighted by atomic mass is 9.75. The Labute approximate surface area is 191 Å². The minimum Gasteiger partial charge on any atom is -0.481 e. The molecule has 1 aliphatic rings. The Morgan fingerprint density at radius 3 is 2.42 bits per heavy atom. The molecular weight excluding hydrogens is 430 g/mol. The third kappa shape index (κ3) is 6.16. The summed E-state index contributed by atoms with van der Waals surface area (Å²) in [5, 5.41) is 29.8. The number of carboxylic acid groups (broad SMARTS) is 2. The second kappa shape index (κ2) is 11.0. The maximum atomic E-state index is 13.3. The van der Waals surface area contributed by atoms with E-state index in [0.717, 1.165) is 12.8 Å². The third-order valence-corrected chi connectivity index (χ3v) is 6.17. The average molecular weight is 459 g/mol. The topological polar surface area (TPSA) is 152 Å². The van der Waals surface area contributed by atoms with Crippen molar-refractivity contribution in [2.75, 3.05) is 13.7 Å². The lowest BCUT2D eigenvalue weighted by Crippen LogP contribution is -2.49. The average Bonchev–Trinajstić information content (AvgIpc) is 3.47. The molecule has 0 aliphatic heterocycles. The first-order valence-corrected chi connectivity index (χ1v) is 11.0. The molecule has 1 aromatic heterocycles. The van der Waals surface area contributed by atoms with Crippen LogP contribution in [0.15, 0.2) is 34.7 Å². The van der Waals surface area contributed by atoms with Crippen LogP contribution in [0.3, 0.4) is 0 Å². The van der Waals surface area contributed by atoms with Crippen LogP contribution < -0.4 is 5.32 Å². The van der Waals surface area contributed by atoms with Crippen LogP contribution in [-0.2, 0) is 25.5 Å². The van der Waals surface area contributed by atoms with Crippen molar-refractivity contribution in [3.8, 4) is 11.5 Å². The number of rotatable bonds is 12. The van der Waals surface area contributed by atoms with E-state index in [1.807, 2.05) is 18.2 Å². The van der Waals surface area contributed by atoms with Crippen molar-refractivity contribution in [1.82, 2.24) is 15.5 Å². The number of aliphatic carboxylic acids is 2. The van der Waals surface area contributed by atoms with Crippen LogP contribution in [0.5, 0.6) is 0 Å². The number of nitrogens with zero attached hydrogens (tertiary/aromatic N) is 2. The monoisotopic (exact) mass is 459 g/mol. The second-order valence-electron chi connectivity index (χ2n) is 8.44. The molecule has 10 heteroatoms. The number of carbonyl (C=O) groups is 3. The van der Waals surface area contributed by atoms with Crippen molar-refractivity contribution in [1.29, 1.82) is 0 Å². The van der Waals surface area contributed by atoms with Gasteiger partial charge in [-0.15, -0.1) is 10.2 Å². The first-order chi connectivity index (χ1) is 15.8. The van der Waals surface area contributed by atoms with E-state index in [9.17, 15) is 24.6 Å². The van der Waals surface area contributed by atoms with E-state index in [-0.39, 0.29) is 37.7 Å². The maximum absolute atomic E-state index is 13.3. The van der Waals surface area contributed by atoms with Crippen LogP contribution in [0.1, 0.15) is 44.4 Å². The predicted octanol–water partition coefficient (Wildman–Crippen LogP) is 2.54. The molecule has 178 valence electrons. The van der Waals surface area contributed by atoms with E-state index >= 15 is 0 Å². The molecule has 1 amide bonds. The van der Waals surface area contributed by atoms with Crippen molar-refractivity contribution in [3.05, 3.63) is 36.2 Å². The van der Waals surface area contributed by atoms with Gasteiger partial charge in [0, 0.05) is 19.3 Å². The van der Waals surface area contributed by atoms with Gasteiger partial charge >= 0.3 is 11.9 Å². The molecule has 0 spiro atoms. The zero-order valence-corrected chi connectivity index (χ0v) is 18.5. The fourth-order valence-corrected chi connectivity index (χ4v) is 4.34. The normalized spacial score (nSPS) is 16.8. The van der Waals surface area contributed by atoms with E-state index in [2.05, 4.69) is 15.5 Å². The summed E-state index contributed by atoms with van der Waals surface area (Å²) in [4.78, 5) is 36.9. The van der Waals surface area contributed by atoms with Gasteiger partial charge in [0.15, 0.2) is 0 Å². The Hall–Kier alpha value is -3.27. The summed E-state index contributed by atoms with van der Waals surface area (Å²) in [6.07, 6.45) is 2.85. The van der Waals surface area contributed by atoms with Gasteiger partial charge in [-0.25, -0.2) is 4.79 Å². The Kier molecular flexibility index (Phi) is 8.16. The summed E-state index contributed by atoms with van der Waals surface area (Å²) in [7, 11) is 1.50. The number of hydrogen-bond donors (Lipinski definition) is 3. The molecule has 1 aromatic carbocycles. The van der Waals surface area contributed by atoms with Gasteiger partial charge in [-0.2, -0.15) is 0 Å². The summed E-state index contributed by atoms with van der Waals surface area (Å²) in [6.45, 7) is 0.271. The van der Waals surface area contributed by atoms with Gasteiger partial charge in [-0.1, -0.05) is 31.0 Å². The van der Waals surface area contributed by atoms with Gasteiger partial charge in [-0.3, -0.25) is 9.59 Å². The third-order valence-electron chi connectivity index (χ3n) is 6.17. The lowest BCUT2D eigenvalue weighted by molar-refractivity contribution is -0.147.